The third-order valence-electron chi connectivity index (χ3n) is 4.56. The quantitative estimate of drug-likeness (QED) is 0.882. The van der Waals surface area contributed by atoms with Gasteiger partial charge in [-0.2, -0.15) is 0 Å². The summed E-state index contributed by atoms with van der Waals surface area (Å²) in [6, 6.07) is 15.3. The van der Waals surface area contributed by atoms with Crippen LogP contribution in [-0.4, -0.2) is 30.0 Å². The third-order valence-corrected chi connectivity index (χ3v) is 4.56. The molecule has 2 aliphatic rings. The zero-order chi connectivity index (χ0) is 17.2. The van der Waals surface area contributed by atoms with Crippen LogP contribution in [0.2, 0.25) is 0 Å². The van der Waals surface area contributed by atoms with E-state index in [0.717, 1.165) is 24.9 Å². The number of hydrogen-bond acceptors (Lipinski definition) is 3. The minimum absolute atomic E-state index is 0.00734. The molecule has 2 aromatic carbocycles. The van der Waals surface area contributed by atoms with E-state index in [1.165, 1.54) is 0 Å². The van der Waals surface area contributed by atoms with Crippen molar-refractivity contribution in [2.24, 2.45) is 0 Å². The Balaban J connectivity index is 1.49. The number of hydrogen-bond donors (Lipinski definition) is 2. The van der Waals surface area contributed by atoms with E-state index < -0.39 is 0 Å². The van der Waals surface area contributed by atoms with Gasteiger partial charge in [-0.15, -0.1) is 0 Å². The predicted octanol–water partition coefficient (Wildman–Crippen LogP) is 3.39. The highest BCUT2D eigenvalue weighted by Crippen LogP contribution is 2.34. The maximum absolute atomic E-state index is 12.7. The fourth-order valence-electron chi connectivity index (χ4n) is 3.38. The Kier molecular flexibility index (Phi) is 4.01. The van der Waals surface area contributed by atoms with Gasteiger partial charge < -0.3 is 20.3 Å². The van der Waals surface area contributed by atoms with Gasteiger partial charge in [-0.1, -0.05) is 30.3 Å². The number of likely N-dealkylation sites (tertiary alicyclic amines) is 1. The Hall–Kier alpha value is -3.02. The Morgan fingerprint density at radius 1 is 1.20 bits per heavy atom. The normalized spacial score (nSPS) is 19.0. The first-order valence-electron chi connectivity index (χ1n) is 8.40. The van der Waals surface area contributed by atoms with Crippen LogP contribution in [0.25, 0.3) is 0 Å². The van der Waals surface area contributed by atoms with Crippen LogP contribution in [0.5, 0.6) is 5.75 Å². The Morgan fingerprint density at radius 2 is 2.04 bits per heavy atom. The molecule has 0 radical (unpaired) electrons. The minimum atomic E-state index is -0.174. The second-order valence-corrected chi connectivity index (χ2v) is 6.24. The van der Waals surface area contributed by atoms with Gasteiger partial charge in [0.25, 0.3) is 5.91 Å². The molecule has 4 rings (SSSR count). The molecule has 1 fully saturated rings. The number of nitrogens with zero attached hydrogens (tertiary/aromatic N) is 1. The number of carbonyl (C=O) groups excluding carboxylic acids is 2. The molecule has 25 heavy (non-hydrogen) atoms. The van der Waals surface area contributed by atoms with Gasteiger partial charge in [0.1, 0.15) is 5.75 Å². The first-order chi connectivity index (χ1) is 12.2. The molecular weight excluding hydrogens is 318 g/mol. The fourth-order valence-corrected chi connectivity index (χ4v) is 3.38. The van der Waals surface area contributed by atoms with Crippen LogP contribution in [0.3, 0.4) is 0 Å². The average Bonchev–Trinajstić information content (AvgIpc) is 3.12. The molecule has 0 aromatic heterocycles. The van der Waals surface area contributed by atoms with Gasteiger partial charge in [0.2, 0.25) is 0 Å². The molecule has 0 aliphatic carbocycles. The van der Waals surface area contributed by atoms with Crippen LogP contribution in [0.1, 0.15) is 24.4 Å². The Bertz CT molecular complexity index is 807. The molecular formula is C19H19N3O3. The smallest absolute Gasteiger partial charge is 0.322 e. The van der Waals surface area contributed by atoms with E-state index in [4.69, 9.17) is 4.74 Å². The van der Waals surface area contributed by atoms with Gasteiger partial charge in [-0.25, -0.2) is 4.79 Å². The van der Waals surface area contributed by atoms with Crippen molar-refractivity contribution in [2.75, 3.05) is 23.8 Å². The number of nitrogens with one attached hydrogen (secondary N) is 2. The standard InChI is InChI=1S/C19H19N3O3/c23-18-12-25-17-11-14(8-9-15(17)21-18)20-19(24)22-10-4-7-16(22)13-5-2-1-3-6-13/h1-3,5-6,8-9,11,16H,4,7,10,12H2,(H,20,24)(H,21,23). The van der Waals surface area contributed by atoms with Crippen LogP contribution in [-0.2, 0) is 4.79 Å². The van der Waals surface area contributed by atoms with Crippen molar-refractivity contribution in [2.45, 2.75) is 18.9 Å². The zero-order valence-electron chi connectivity index (χ0n) is 13.7. The molecule has 0 spiro atoms. The SMILES string of the molecule is O=C1COc2cc(NC(=O)N3CCCC3c3ccccc3)ccc2N1. The molecule has 0 saturated carbocycles. The molecule has 2 aliphatic heterocycles. The van der Waals surface area contributed by atoms with Crippen molar-refractivity contribution >= 4 is 23.3 Å². The number of amides is 3. The number of carbonyl (C=O) groups is 2. The fraction of sp³-hybridized carbons (Fsp3) is 0.263. The lowest BCUT2D eigenvalue weighted by Gasteiger charge is -2.26. The summed E-state index contributed by atoms with van der Waals surface area (Å²) in [4.78, 5) is 25.9. The molecule has 1 unspecified atom stereocenters. The number of urea groups is 1. The molecule has 0 bridgehead atoms. The van der Waals surface area contributed by atoms with E-state index in [1.54, 1.807) is 18.2 Å². The lowest BCUT2D eigenvalue weighted by Crippen LogP contribution is -2.34. The number of rotatable bonds is 2. The average molecular weight is 337 g/mol. The Labute approximate surface area is 145 Å². The van der Waals surface area contributed by atoms with Crippen LogP contribution in [0.4, 0.5) is 16.2 Å². The lowest BCUT2D eigenvalue weighted by molar-refractivity contribution is -0.118. The summed E-state index contributed by atoms with van der Waals surface area (Å²) in [5.74, 6) is 0.394. The molecule has 6 nitrogen and oxygen atoms in total. The van der Waals surface area contributed by atoms with Crippen molar-refractivity contribution in [1.82, 2.24) is 4.90 Å². The molecule has 2 heterocycles. The molecule has 1 atom stereocenters. The summed E-state index contributed by atoms with van der Waals surface area (Å²) >= 11 is 0. The van der Waals surface area contributed by atoms with Gasteiger partial charge in [0.05, 0.1) is 11.7 Å². The monoisotopic (exact) mass is 337 g/mol. The summed E-state index contributed by atoms with van der Waals surface area (Å²) in [5, 5.41) is 5.68. The number of ether oxygens (including phenoxy) is 1. The van der Waals surface area contributed by atoms with Gasteiger partial charge >= 0.3 is 6.03 Å². The minimum Gasteiger partial charge on any atom is -0.482 e. The van der Waals surface area contributed by atoms with Crippen molar-refractivity contribution in [3.63, 3.8) is 0 Å². The predicted molar refractivity (Wildman–Crippen MR) is 94.7 cm³/mol. The van der Waals surface area contributed by atoms with Gasteiger partial charge in [0, 0.05) is 18.3 Å². The summed E-state index contributed by atoms with van der Waals surface area (Å²) in [6.45, 7) is 0.732. The second kappa shape index (κ2) is 6.47. The first kappa shape index (κ1) is 15.5. The maximum Gasteiger partial charge on any atom is 0.322 e. The van der Waals surface area contributed by atoms with Crippen LogP contribution in [0, 0.1) is 0 Å². The van der Waals surface area contributed by atoms with Crippen molar-refractivity contribution in [3.05, 3.63) is 54.1 Å². The van der Waals surface area contributed by atoms with Crippen molar-refractivity contribution in [1.29, 1.82) is 0 Å². The Morgan fingerprint density at radius 3 is 2.88 bits per heavy atom. The topological polar surface area (TPSA) is 70.7 Å². The molecule has 3 amide bonds. The van der Waals surface area contributed by atoms with Gasteiger partial charge in [-0.05, 0) is 30.5 Å². The number of benzene rings is 2. The highest BCUT2D eigenvalue weighted by atomic mass is 16.5. The summed E-state index contributed by atoms with van der Waals surface area (Å²) < 4.78 is 5.40. The van der Waals surface area contributed by atoms with Gasteiger partial charge in [-0.3, -0.25) is 4.79 Å². The zero-order valence-corrected chi connectivity index (χ0v) is 13.7. The largest absolute Gasteiger partial charge is 0.482 e. The van der Waals surface area contributed by atoms with E-state index >= 15 is 0 Å². The summed E-state index contributed by atoms with van der Waals surface area (Å²) in [6.07, 6.45) is 1.96. The number of fused-ring (bicyclic) bond motifs is 1. The summed E-state index contributed by atoms with van der Waals surface area (Å²) in [7, 11) is 0. The van der Waals surface area contributed by atoms with E-state index in [9.17, 15) is 9.59 Å². The van der Waals surface area contributed by atoms with E-state index in [1.807, 2.05) is 23.1 Å². The maximum atomic E-state index is 12.7. The van der Waals surface area contributed by atoms with Gasteiger partial charge in [0.15, 0.2) is 6.61 Å². The van der Waals surface area contributed by atoms with E-state index in [0.29, 0.717) is 17.1 Å². The lowest BCUT2D eigenvalue weighted by atomic mass is 10.1. The molecule has 1 saturated heterocycles. The first-order valence-corrected chi connectivity index (χ1v) is 8.40. The van der Waals surface area contributed by atoms with Crippen LogP contribution in [0.15, 0.2) is 48.5 Å². The molecule has 2 aromatic rings. The van der Waals surface area contributed by atoms with Crippen LogP contribution >= 0.6 is 0 Å². The van der Waals surface area contributed by atoms with Crippen molar-refractivity contribution in [3.8, 4) is 5.75 Å². The highest BCUT2D eigenvalue weighted by Gasteiger charge is 2.30. The third kappa shape index (κ3) is 3.15. The van der Waals surface area contributed by atoms with Crippen molar-refractivity contribution < 1.29 is 14.3 Å². The number of anilines is 2. The highest BCUT2D eigenvalue weighted by molar-refractivity contribution is 5.96. The molecule has 6 heteroatoms. The van der Waals surface area contributed by atoms with E-state index in [2.05, 4.69) is 22.8 Å². The summed E-state index contributed by atoms with van der Waals surface area (Å²) in [5.41, 5.74) is 2.43. The second-order valence-electron chi connectivity index (χ2n) is 6.24. The van der Waals surface area contributed by atoms with E-state index in [-0.39, 0.29) is 24.6 Å². The molecule has 2 N–H and O–H groups in total. The molecule has 128 valence electrons. The van der Waals surface area contributed by atoms with Crippen LogP contribution < -0.4 is 15.4 Å².